The van der Waals surface area contributed by atoms with E-state index in [4.69, 9.17) is 4.74 Å². The van der Waals surface area contributed by atoms with Crippen LogP contribution in [-0.4, -0.2) is 36.1 Å². The lowest BCUT2D eigenvalue weighted by atomic mass is 10.1. The minimum absolute atomic E-state index is 0.0130. The fourth-order valence-corrected chi connectivity index (χ4v) is 2.66. The zero-order valence-electron chi connectivity index (χ0n) is 11.0. The molecular weight excluding hydrogens is 313 g/mol. The molecule has 1 saturated heterocycles. The third kappa shape index (κ3) is 3.15. The van der Waals surface area contributed by atoms with E-state index in [1.165, 1.54) is 12.1 Å². The number of nitrogens with zero attached hydrogens (tertiary/aromatic N) is 1. The number of benzene rings is 1. The van der Waals surface area contributed by atoms with E-state index in [-0.39, 0.29) is 18.1 Å². The van der Waals surface area contributed by atoms with Gasteiger partial charge in [0.1, 0.15) is 5.82 Å². The smallest absolute Gasteiger partial charge is 0.255 e. The summed E-state index contributed by atoms with van der Waals surface area (Å²) in [5.74, 6) is -0.547. The molecule has 2 rings (SSSR count). The van der Waals surface area contributed by atoms with Crippen LogP contribution in [0.2, 0.25) is 0 Å². The quantitative estimate of drug-likeness (QED) is 0.833. The number of morpholine rings is 1. The molecule has 1 amide bonds. The van der Waals surface area contributed by atoms with E-state index in [0.717, 1.165) is 6.42 Å². The first kappa shape index (κ1) is 14.5. The van der Waals surface area contributed by atoms with Crippen molar-refractivity contribution in [2.24, 2.45) is 0 Å². The van der Waals surface area contributed by atoms with Crippen molar-refractivity contribution >= 4 is 21.8 Å². The Morgan fingerprint density at radius 1 is 1.58 bits per heavy atom. The average molecular weight is 330 g/mol. The molecule has 0 aromatic heterocycles. The molecule has 0 spiro atoms. The van der Waals surface area contributed by atoms with E-state index < -0.39 is 5.82 Å². The maximum absolute atomic E-state index is 13.3. The molecule has 0 bridgehead atoms. The van der Waals surface area contributed by atoms with Gasteiger partial charge in [-0.25, -0.2) is 4.39 Å². The lowest BCUT2D eigenvalue weighted by Gasteiger charge is -2.38. The van der Waals surface area contributed by atoms with Crippen LogP contribution in [0, 0.1) is 5.82 Å². The molecule has 3 nitrogen and oxygen atoms in total. The van der Waals surface area contributed by atoms with E-state index in [2.05, 4.69) is 15.9 Å². The summed E-state index contributed by atoms with van der Waals surface area (Å²) in [6.07, 6.45) is 0.838. The second kappa shape index (κ2) is 6.01. The second-order valence-corrected chi connectivity index (χ2v) is 5.64. The van der Waals surface area contributed by atoms with Crippen LogP contribution in [0.15, 0.2) is 22.7 Å². The van der Waals surface area contributed by atoms with Crippen molar-refractivity contribution in [2.75, 3.05) is 13.2 Å². The largest absolute Gasteiger partial charge is 0.375 e. The van der Waals surface area contributed by atoms with Gasteiger partial charge in [0, 0.05) is 11.0 Å². The molecule has 1 fully saturated rings. The van der Waals surface area contributed by atoms with Gasteiger partial charge in [-0.2, -0.15) is 0 Å². The molecule has 2 unspecified atom stereocenters. The third-order valence-corrected chi connectivity index (χ3v) is 4.05. The molecule has 1 aromatic rings. The van der Waals surface area contributed by atoms with Crippen LogP contribution in [0.4, 0.5) is 4.39 Å². The highest BCUT2D eigenvalue weighted by Crippen LogP contribution is 2.23. The van der Waals surface area contributed by atoms with Crippen molar-refractivity contribution in [3.63, 3.8) is 0 Å². The minimum atomic E-state index is -0.402. The van der Waals surface area contributed by atoms with Gasteiger partial charge < -0.3 is 9.64 Å². The predicted octanol–water partition coefficient (Wildman–Crippen LogP) is 3.23. The Hall–Kier alpha value is -0.940. The number of carbonyl (C=O) groups is 1. The van der Waals surface area contributed by atoms with Crippen molar-refractivity contribution in [3.8, 4) is 0 Å². The summed E-state index contributed by atoms with van der Waals surface area (Å²) in [6, 6.07) is 4.23. The van der Waals surface area contributed by atoms with Gasteiger partial charge in [0.15, 0.2) is 0 Å². The van der Waals surface area contributed by atoms with E-state index in [1.807, 2.05) is 13.8 Å². The van der Waals surface area contributed by atoms with Crippen LogP contribution >= 0.6 is 15.9 Å². The van der Waals surface area contributed by atoms with Crippen molar-refractivity contribution < 1.29 is 13.9 Å². The SMILES string of the molecule is CCC1COC(C)CN1C(=O)c1cc(F)ccc1Br. The number of rotatable bonds is 2. The topological polar surface area (TPSA) is 29.5 Å². The van der Waals surface area contributed by atoms with Crippen LogP contribution in [-0.2, 0) is 4.74 Å². The normalized spacial score (nSPS) is 23.5. The summed E-state index contributed by atoms with van der Waals surface area (Å²) < 4.78 is 19.5. The zero-order valence-corrected chi connectivity index (χ0v) is 12.6. The lowest BCUT2D eigenvalue weighted by molar-refractivity contribution is -0.0444. The number of hydrogen-bond donors (Lipinski definition) is 0. The summed E-state index contributed by atoms with van der Waals surface area (Å²) in [5, 5.41) is 0. The van der Waals surface area contributed by atoms with Crippen LogP contribution in [0.25, 0.3) is 0 Å². The first-order valence-corrected chi connectivity index (χ1v) is 7.19. The molecule has 1 aliphatic rings. The fourth-order valence-electron chi connectivity index (χ4n) is 2.25. The van der Waals surface area contributed by atoms with Gasteiger partial charge in [0.05, 0.1) is 24.3 Å². The van der Waals surface area contributed by atoms with Crippen LogP contribution < -0.4 is 0 Å². The highest BCUT2D eigenvalue weighted by Gasteiger charge is 2.30. The Morgan fingerprint density at radius 3 is 3.00 bits per heavy atom. The third-order valence-electron chi connectivity index (χ3n) is 3.36. The minimum Gasteiger partial charge on any atom is -0.375 e. The van der Waals surface area contributed by atoms with Gasteiger partial charge in [-0.05, 0) is 47.5 Å². The Morgan fingerprint density at radius 2 is 2.32 bits per heavy atom. The molecule has 1 aromatic carbocycles. The number of ether oxygens (including phenoxy) is 1. The molecule has 2 atom stereocenters. The molecule has 0 aliphatic carbocycles. The highest BCUT2D eigenvalue weighted by molar-refractivity contribution is 9.10. The molecule has 0 N–H and O–H groups in total. The van der Waals surface area contributed by atoms with E-state index in [9.17, 15) is 9.18 Å². The monoisotopic (exact) mass is 329 g/mol. The average Bonchev–Trinajstić information content (AvgIpc) is 2.40. The van der Waals surface area contributed by atoms with Gasteiger partial charge in [-0.1, -0.05) is 6.92 Å². The van der Waals surface area contributed by atoms with Crippen molar-refractivity contribution in [2.45, 2.75) is 32.4 Å². The Labute approximate surface area is 120 Å². The van der Waals surface area contributed by atoms with E-state index >= 15 is 0 Å². The van der Waals surface area contributed by atoms with Crippen molar-refractivity contribution in [3.05, 3.63) is 34.1 Å². The molecule has 104 valence electrons. The Kier molecular flexibility index (Phi) is 4.58. The van der Waals surface area contributed by atoms with Crippen molar-refractivity contribution in [1.82, 2.24) is 4.90 Å². The van der Waals surface area contributed by atoms with Crippen LogP contribution in [0.1, 0.15) is 30.6 Å². The molecular formula is C14H17BrFNO2. The van der Waals surface area contributed by atoms with Crippen LogP contribution in [0.3, 0.4) is 0 Å². The predicted molar refractivity (Wildman–Crippen MR) is 74.6 cm³/mol. The highest BCUT2D eigenvalue weighted by atomic mass is 79.9. The molecule has 19 heavy (non-hydrogen) atoms. The molecule has 0 radical (unpaired) electrons. The number of amides is 1. The summed E-state index contributed by atoms with van der Waals surface area (Å²) >= 11 is 3.31. The first-order chi connectivity index (χ1) is 9.02. The summed E-state index contributed by atoms with van der Waals surface area (Å²) in [7, 11) is 0. The Balaban J connectivity index is 2.28. The molecule has 1 heterocycles. The number of carbonyl (C=O) groups excluding carboxylic acids is 1. The summed E-state index contributed by atoms with van der Waals surface area (Å²) in [6.45, 7) is 5.04. The van der Waals surface area contributed by atoms with E-state index in [0.29, 0.717) is 23.2 Å². The summed E-state index contributed by atoms with van der Waals surface area (Å²) in [4.78, 5) is 14.3. The van der Waals surface area contributed by atoms with Gasteiger partial charge in [-0.15, -0.1) is 0 Å². The number of halogens is 2. The van der Waals surface area contributed by atoms with Gasteiger partial charge in [-0.3, -0.25) is 4.79 Å². The maximum Gasteiger partial charge on any atom is 0.255 e. The molecule has 0 saturated carbocycles. The van der Waals surface area contributed by atoms with Crippen LogP contribution in [0.5, 0.6) is 0 Å². The maximum atomic E-state index is 13.3. The summed E-state index contributed by atoms with van der Waals surface area (Å²) in [5.41, 5.74) is 0.368. The second-order valence-electron chi connectivity index (χ2n) is 4.79. The first-order valence-electron chi connectivity index (χ1n) is 6.40. The van der Waals surface area contributed by atoms with Gasteiger partial charge >= 0.3 is 0 Å². The van der Waals surface area contributed by atoms with Gasteiger partial charge in [0.2, 0.25) is 0 Å². The van der Waals surface area contributed by atoms with Crippen molar-refractivity contribution in [1.29, 1.82) is 0 Å². The van der Waals surface area contributed by atoms with E-state index in [1.54, 1.807) is 11.0 Å². The fraction of sp³-hybridized carbons (Fsp3) is 0.500. The van der Waals surface area contributed by atoms with Gasteiger partial charge in [0.25, 0.3) is 5.91 Å². The standard InChI is InChI=1S/C14H17BrFNO2/c1-3-11-8-19-9(2)7-17(11)14(18)12-6-10(16)4-5-13(12)15/h4-6,9,11H,3,7-8H2,1-2H3. The molecule has 1 aliphatic heterocycles. The molecule has 5 heteroatoms. The Bertz CT molecular complexity index is 481. The number of hydrogen-bond acceptors (Lipinski definition) is 2. The zero-order chi connectivity index (χ0) is 14.0. The lowest BCUT2D eigenvalue weighted by Crippen LogP contribution is -2.51.